The Labute approximate surface area is 89.0 Å². The first-order valence-corrected chi connectivity index (χ1v) is 5.40. The molecule has 0 aliphatic heterocycles. The zero-order valence-electron chi connectivity index (χ0n) is 6.73. The predicted octanol–water partition coefficient (Wildman–Crippen LogP) is 1.57. The molecule has 1 aromatic carbocycles. The van der Waals surface area contributed by atoms with Crippen molar-refractivity contribution in [2.75, 3.05) is 0 Å². The van der Waals surface area contributed by atoms with Gasteiger partial charge in [-0.3, -0.25) is 3.07 Å². The molecular formula is C8H5IO5. The number of carboxylic acid groups (broad SMARTS) is 2. The van der Waals surface area contributed by atoms with Crippen molar-refractivity contribution >= 4 is 33.1 Å². The van der Waals surface area contributed by atoms with E-state index in [0.717, 1.165) is 6.07 Å². The van der Waals surface area contributed by atoms with E-state index in [0.29, 0.717) is 0 Å². The molecule has 0 fully saturated rings. The highest BCUT2D eigenvalue weighted by Crippen LogP contribution is 2.17. The third-order valence-corrected chi connectivity index (χ3v) is 2.94. The number of carboxylic acids is 2. The molecule has 5 nitrogen and oxygen atoms in total. The van der Waals surface area contributed by atoms with Crippen LogP contribution in [0.2, 0.25) is 0 Å². The fourth-order valence-electron chi connectivity index (χ4n) is 0.889. The van der Waals surface area contributed by atoms with E-state index < -0.39 is 33.1 Å². The predicted molar refractivity (Wildman–Crippen MR) is 53.8 cm³/mol. The molecule has 0 radical (unpaired) electrons. The molecule has 0 spiro atoms. The van der Waals surface area contributed by atoms with Gasteiger partial charge in [0.2, 0.25) is 0 Å². The quantitative estimate of drug-likeness (QED) is 0.827. The van der Waals surface area contributed by atoms with Crippen molar-refractivity contribution in [3.63, 3.8) is 0 Å². The molecule has 1 rings (SSSR count). The number of rotatable bonds is 3. The maximum atomic E-state index is 10.6. The zero-order valence-corrected chi connectivity index (χ0v) is 8.89. The second kappa shape index (κ2) is 4.27. The van der Waals surface area contributed by atoms with Crippen LogP contribution >= 0.6 is 21.2 Å². The summed E-state index contributed by atoms with van der Waals surface area (Å²) in [4.78, 5) is 21.2. The molecule has 0 saturated carbocycles. The highest BCUT2D eigenvalue weighted by Gasteiger charge is 2.13. The van der Waals surface area contributed by atoms with E-state index in [2.05, 4.69) is 0 Å². The summed E-state index contributed by atoms with van der Waals surface area (Å²) in [6, 6.07) is 3.52. The van der Waals surface area contributed by atoms with Gasteiger partial charge in [0.1, 0.15) is 0 Å². The third kappa shape index (κ3) is 2.13. The summed E-state index contributed by atoms with van der Waals surface area (Å²) in [7, 11) is 0. The highest BCUT2D eigenvalue weighted by atomic mass is 127. The molecule has 0 aromatic heterocycles. The summed E-state index contributed by atoms with van der Waals surface area (Å²) < 4.78 is 10.8. The van der Waals surface area contributed by atoms with E-state index in [1.807, 2.05) is 0 Å². The summed E-state index contributed by atoms with van der Waals surface area (Å²) in [6.07, 6.45) is 0. The van der Waals surface area contributed by atoms with Crippen LogP contribution in [0, 0.1) is 3.57 Å². The Balaban J connectivity index is 3.34. The number of halogens is 1. The van der Waals surface area contributed by atoms with Crippen LogP contribution in [0.25, 0.3) is 0 Å². The number of benzene rings is 1. The SMILES string of the molecule is O=Ic1ccc(C(=O)O)cc1C(=O)O. The van der Waals surface area contributed by atoms with Crippen LogP contribution in [0.5, 0.6) is 0 Å². The maximum Gasteiger partial charge on any atom is 0.336 e. The first-order valence-electron chi connectivity index (χ1n) is 3.44. The molecule has 0 heterocycles. The maximum absolute atomic E-state index is 10.6. The molecule has 6 heteroatoms. The molecule has 74 valence electrons. The van der Waals surface area contributed by atoms with E-state index in [-0.39, 0.29) is 14.7 Å². The second-order valence-electron chi connectivity index (χ2n) is 2.38. The van der Waals surface area contributed by atoms with Crippen molar-refractivity contribution in [3.05, 3.63) is 32.9 Å². The summed E-state index contributed by atoms with van der Waals surface area (Å²) in [6.45, 7) is 0. The Kier molecular flexibility index (Phi) is 3.28. The van der Waals surface area contributed by atoms with Crippen LogP contribution < -0.4 is 0 Å². The van der Waals surface area contributed by atoms with Gasteiger partial charge < -0.3 is 10.2 Å². The minimum absolute atomic E-state index is 0.122. The van der Waals surface area contributed by atoms with Crippen molar-refractivity contribution in [1.29, 1.82) is 0 Å². The van der Waals surface area contributed by atoms with Crippen LogP contribution in [0.1, 0.15) is 20.7 Å². The number of carbonyl (C=O) groups is 2. The molecule has 14 heavy (non-hydrogen) atoms. The van der Waals surface area contributed by atoms with Gasteiger partial charge in [-0.05, 0) is 18.2 Å². The van der Waals surface area contributed by atoms with Crippen molar-refractivity contribution in [2.45, 2.75) is 0 Å². The molecule has 1 aromatic rings. The van der Waals surface area contributed by atoms with Crippen LogP contribution in [0.3, 0.4) is 0 Å². The van der Waals surface area contributed by atoms with E-state index in [4.69, 9.17) is 10.2 Å². The molecule has 0 atom stereocenters. The van der Waals surface area contributed by atoms with Crippen LogP contribution in [0.4, 0.5) is 0 Å². The normalized spacial score (nSPS) is 9.71. The Hall–Kier alpha value is -1.31. The van der Waals surface area contributed by atoms with Gasteiger partial charge >= 0.3 is 11.9 Å². The topological polar surface area (TPSA) is 91.7 Å². The zero-order chi connectivity index (χ0) is 10.7. The standard InChI is InChI=1S/C8H5IO5/c10-7(11)4-1-2-6(9-14)5(3-4)8(12)13/h1-3H,(H,10,11)(H,12,13). The smallest absolute Gasteiger partial charge is 0.336 e. The van der Waals surface area contributed by atoms with Gasteiger partial charge in [-0.2, -0.15) is 0 Å². The minimum Gasteiger partial charge on any atom is -0.478 e. The third-order valence-electron chi connectivity index (χ3n) is 1.53. The molecule has 0 unspecified atom stereocenters. The van der Waals surface area contributed by atoms with E-state index in [9.17, 15) is 12.7 Å². The lowest BCUT2D eigenvalue weighted by Gasteiger charge is -1.99. The molecule has 0 aliphatic carbocycles. The highest BCUT2D eigenvalue weighted by molar-refractivity contribution is 14.1. The van der Waals surface area contributed by atoms with E-state index in [1.54, 1.807) is 0 Å². The molecule has 0 bridgehead atoms. The van der Waals surface area contributed by atoms with Crippen LogP contribution in [-0.4, -0.2) is 22.2 Å². The van der Waals surface area contributed by atoms with Crippen molar-refractivity contribution in [2.24, 2.45) is 0 Å². The van der Waals surface area contributed by atoms with Gasteiger partial charge in [0.25, 0.3) is 0 Å². The molecule has 0 aliphatic rings. The first kappa shape index (κ1) is 10.8. The first-order chi connectivity index (χ1) is 6.56. The van der Waals surface area contributed by atoms with Gasteiger partial charge in [-0.25, -0.2) is 9.59 Å². The van der Waals surface area contributed by atoms with Gasteiger partial charge in [0.05, 0.1) is 14.7 Å². The number of aromatic carboxylic acids is 2. The average molecular weight is 308 g/mol. The summed E-state index contributed by atoms with van der Waals surface area (Å²) in [5.74, 6) is -2.47. The van der Waals surface area contributed by atoms with Crippen LogP contribution in [0.15, 0.2) is 18.2 Å². The fraction of sp³-hybridized carbons (Fsp3) is 0. The monoisotopic (exact) mass is 308 g/mol. The van der Waals surface area contributed by atoms with E-state index in [1.165, 1.54) is 12.1 Å². The molecule has 0 amide bonds. The Bertz CT molecular complexity index is 412. The van der Waals surface area contributed by atoms with Gasteiger partial charge in [0.15, 0.2) is 21.2 Å². The van der Waals surface area contributed by atoms with Crippen molar-refractivity contribution < 1.29 is 22.9 Å². The van der Waals surface area contributed by atoms with Crippen molar-refractivity contribution in [3.8, 4) is 0 Å². The van der Waals surface area contributed by atoms with Crippen molar-refractivity contribution in [1.82, 2.24) is 0 Å². The Morgan fingerprint density at radius 2 is 1.79 bits per heavy atom. The summed E-state index contributed by atoms with van der Waals surface area (Å²) in [5.41, 5.74) is -0.323. The number of hydrogen-bond donors (Lipinski definition) is 2. The lowest BCUT2D eigenvalue weighted by molar-refractivity contribution is 0.0695. The molecule has 2 N–H and O–H groups in total. The lowest BCUT2D eigenvalue weighted by Crippen LogP contribution is -2.04. The lowest BCUT2D eigenvalue weighted by atomic mass is 10.1. The Morgan fingerprint density at radius 1 is 1.14 bits per heavy atom. The average Bonchev–Trinajstić information content (AvgIpc) is 2.16. The largest absolute Gasteiger partial charge is 0.478 e. The van der Waals surface area contributed by atoms with Gasteiger partial charge in [0, 0.05) is 0 Å². The van der Waals surface area contributed by atoms with E-state index >= 15 is 0 Å². The molecular weight excluding hydrogens is 303 g/mol. The second-order valence-corrected chi connectivity index (χ2v) is 3.98. The summed E-state index contributed by atoms with van der Waals surface area (Å²) >= 11 is -1.60. The van der Waals surface area contributed by atoms with Gasteiger partial charge in [-0.1, -0.05) is 0 Å². The summed E-state index contributed by atoms with van der Waals surface area (Å²) in [5, 5.41) is 17.3. The fourth-order valence-corrected chi connectivity index (χ4v) is 1.84. The Morgan fingerprint density at radius 3 is 2.21 bits per heavy atom. The van der Waals surface area contributed by atoms with Crippen LogP contribution in [-0.2, 0) is 3.07 Å². The van der Waals surface area contributed by atoms with Gasteiger partial charge in [-0.15, -0.1) is 0 Å². The molecule has 0 saturated heterocycles. The number of hydrogen-bond acceptors (Lipinski definition) is 3. The minimum atomic E-state index is -1.60.